The van der Waals surface area contributed by atoms with E-state index in [-0.39, 0.29) is 5.30 Å². The molecule has 1 aromatic rings. The molecule has 1 fully saturated rings. The van der Waals surface area contributed by atoms with Crippen LogP contribution in [0, 0.1) is 0 Å². The second kappa shape index (κ2) is 5.66. The molecule has 1 aromatic carbocycles. The fraction of sp³-hybridized carbons (Fsp3) is 0.571. The summed E-state index contributed by atoms with van der Waals surface area (Å²) >= 11 is 0. The number of hydrogen-bond donors (Lipinski definition) is 2. The first-order valence-corrected chi connectivity index (χ1v) is 8.77. The van der Waals surface area contributed by atoms with Crippen LogP contribution in [0.4, 0.5) is 0 Å². The maximum atomic E-state index is 11.6. The highest BCUT2D eigenvalue weighted by Crippen LogP contribution is 2.38. The third kappa shape index (κ3) is 3.39. The highest BCUT2D eigenvalue weighted by molar-refractivity contribution is 7.60. The minimum atomic E-state index is -4.39. The average molecular weight is 328 g/mol. The molecule has 1 heterocycles. The molecule has 0 aliphatic carbocycles. The average Bonchev–Trinajstić information content (AvgIpc) is 2.57. The molecule has 0 bridgehead atoms. The van der Waals surface area contributed by atoms with E-state index in [1.54, 1.807) is 13.0 Å². The number of hydrogen-bond acceptors (Lipinski definition) is 4. The monoisotopic (exact) mass is 328 g/mol. The summed E-state index contributed by atoms with van der Waals surface area (Å²) in [7, 11) is -5.09. The molecule has 0 amide bonds. The third-order valence-corrected chi connectivity index (χ3v) is 5.02. The molecule has 8 heteroatoms. The Morgan fingerprint density at radius 2 is 1.68 bits per heavy atom. The van der Waals surface area contributed by atoms with Crippen LogP contribution in [-0.4, -0.2) is 34.7 Å². The molecule has 0 radical (unpaired) electrons. The topological polar surface area (TPSA) is 85.2 Å². The van der Waals surface area contributed by atoms with Gasteiger partial charge in [0.1, 0.15) is 5.75 Å². The van der Waals surface area contributed by atoms with Crippen LogP contribution >= 0.6 is 7.60 Å². The predicted molar refractivity (Wildman–Crippen MR) is 85.0 cm³/mol. The van der Waals surface area contributed by atoms with E-state index in [9.17, 15) is 14.4 Å². The Morgan fingerprint density at radius 3 is 2.14 bits per heavy atom. The Hall–Kier alpha value is -0.845. The van der Waals surface area contributed by atoms with Crippen molar-refractivity contribution in [2.75, 3.05) is 6.61 Å². The van der Waals surface area contributed by atoms with Crippen molar-refractivity contribution in [3.8, 4) is 5.75 Å². The van der Waals surface area contributed by atoms with Crippen molar-refractivity contribution in [2.45, 2.75) is 45.8 Å². The van der Waals surface area contributed by atoms with Gasteiger partial charge in [-0.15, -0.1) is 0 Å². The Bertz CT molecular complexity index is 593. The molecule has 0 aromatic heterocycles. The van der Waals surface area contributed by atoms with Crippen molar-refractivity contribution in [2.24, 2.45) is 0 Å². The fourth-order valence-corrected chi connectivity index (χ4v) is 2.75. The molecule has 2 N–H and O–H groups in total. The van der Waals surface area contributed by atoms with Gasteiger partial charge in [-0.2, -0.15) is 0 Å². The molecule has 122 valence electrons. The van der Waals surface area contributed by atoms with E-state index in [4.69, 9.17) is 14.0 Å². The van der Waals surface area contributed by atoms with Crippen molar-refractivity contribution in [3.63, 3.8) is 0 Å². The summed E-state index contributed by atoms with van der Waals surface area (Å²) in [6, 6.07) is 4.44. The van der Waals surface area contributed by atoms with Gasteiger partial charge in [-0.3, -0.25) is 4.57 Å². The first kappa shape index (κ1) is 17.5. The lowest BCUT2D eigenvalue weighted by Crippen LogP contribution is -2.41. The van der Waals surface area contributed by atoms with Crippen LogP contribution in [0.5, 0.6) is 5.75 Å². The van der Waals surface area contributed by atoms with Crippen LogP contribution in [0.15, 0.2) is 18.2 Å². The normalized spacial score (nSPS) is 20.2. The molecule has 0 spiro atoms. The zero-order chi connectivity index (χ0) is 16.8. The lowest BCUT2D eigenvalue weighted by molar-refractivity contribution is 0.00578. The molecule has 1 saturated heterocycles. The summed E-state index contributed by atoms with van der Waals surface area (Å²) in [4.78, 5) is 18.9. The zero-order valence-electron chi connectivity index (χ0n) is 13.5. The summed E-state index contributed by atoms with van der Waals surface area (Å²) in [6.45, 7) is 9.88. The highest BCUT2D eigenvalue weighted by atomic mass is 31.2. The second-order valence-electron chi connectivity index (χ2n) is 6.33. The minimum Gasteiger partial charge on any atom is -0.494 e. The molecule has 0 atom stereocenters. The van der Waals surface area contributed by atoms with Gasteiger partial charge in [0.25, 0.3) is 0 Å². The van der Waals surface area contributed by atoms with Crippen LogP contribution in [0.3, 0.4) is 0 Å². The summed E-state index contributed by atoms with van der Waals surface area (Å²) in [6.07, 6.45) is 0. The van der Waals surface area contributed by atoms with E-state index in [1.807, 2.05) is 27.7 Å². The molecular formula is C14H22BO6P. The zero-order valence-corrected chi connectivity index (χ0v) is 14.4. The van der Waals surface area contributed by atoms with Crippen molar-refractivity contribution in [3.05, 3.63) is 18.2 Å². The molecule has 0 saturated carbocycles. The number of ether oxygens (including phenoxy) is 1. The molecule has 22 heavy (non-hydrogen) atoms. The smallest absolute Gasteiger partial charge is 0.494 e. The first-order valence-electron chi connectivity index (χ1n) is 7.16. The van der Waals surface area contributed by atoms with Gasteiger partial charge in [-0.1, -0.05) is 0 Å². The number of benzene rings is 1. The minimum absolute atomic E-state index is 0.108. The van der Waals surface area contributed by atoms with Crippen molar-refractivity contribution >= 4 is 25.5 Å². The van der Waals surface area contributed by atoms with Crippen LogP contribution in [-0.2, 0) is 13.9 Å². The molecule has 0 unspecified atom stereocenters. The van der Waals surface area contributed by atoms with Gasteiger partial charge >= 0.3 is 14.7 Å². The van der Waals surface area contributed by atoms with Gasteiger partial charge in [0.15, 0.2) is 0 Å². The van der Waals surface area contributed by atoms with Crippen LogP contribution in [0.1, 0.15) is 34.6 Å². The Kier molecular flexibility index (Phi) is 4.50. The van der Waals surface area contributed by atoms with Crippen LogP contribution in [0.25, 0.3) is 0 Å². The summed E-state index contributed by atoms with van der Waals surface area (Å²) in [5, 5.41) is -0.108. The molecule has 1 aliphatic rings. The molecular weight excluding hydrogens is 306 g/mol. The summed E-state index contributed by atoms with van der Waals surface area (Å²) in [5.74, 6) is 0.382. The van der Waals surface area contributed by atoms with Gasteiger partial charge in [0.2, 0.25) is 0 Å². The van der Waals surface area contributed by atoms with E-state index >= 15 is 0 Å². The second-order valence-corrected chi connectivity index (χ2v) is 7.93. The first-order chi connectivity index (χ1) is 9.96. The third-order valence-electron chi connectivity index (χ3n) is 4.09. The quantitative estimate of drug-likeness (QED) is 0.638. The Morgan fingerprint density at radius 1 is 1.14 bits per heavy atom. The van der Waals surface area contributed by atoms with E-state index in [2.05, 4.69) is 0 Å². The Balaban J connectivity index is 2.43. The van der Waals surface area contributed by atoms with Crippen molar-refractivity contribution < 1.29 is 28.4 Å². The van der Waals surface area contributed by atoms with Crippen molar-refractivity contribution in [1.29, 1.82) is 0 Å². The standard InChI is InChI=1S/C14H22BO6P/c1-6-19-11-7-10(8-12(9-11)22(16,17)18)15-20-13(2,3)14(4,5)21-15/h7-9H,6H2,1-5H3,(H2,16,17,18). The lowest BCUT2D eigenvalue weighted by atomic mass is 9.79. The summed E-state index contributed by atoms with van der Waals surface area (Å²) in [5.41, 5.74) is -0.522. The van der Waals surface area contributed by atoms with E-state index in [0.717, 1.165) is 0 Å². The fourth-order valence-electron chi connectivity index (χ4n) is 2.14. The van der Waals surface area contributed by atoms with E-state index in [1.165, 1.54) is 12.1 Å². The molecule has 2 rings (SSSR count). The maximum absolute atomic E-state index is 11.6. The van der Waals surface area contributed by atoms with Gasteiger partial charge in [0.05, 0.1) is 23.1 Å². The van der Waals surface area contributed by atoms with E-state index in [0.29, 0.717) is 17.8 Å². The van der Waals surface area contributed by atoms with Crippen LogP contribution in [0.2, 0.25) is 0 Å². The number of rotatable bonds is 4. The van der Waals surface area contributed by atoms with Gasteiger partial charge in [-0.05, 0) is 58.3 Å². The highest BCUT2D eigenvalue weighted by Gasteiger charge is 2.52. The largest absolute Gasteiger partial charge is 0.494 e. The molecule has 1 aliphatic heterocycles. The van der Waals surface area contributed by atoms with Crippen molar-refractivity contribution in [1.82, 2.24) is 0 Å². The maximum Gasteiger partial charge on any atom is 0.494 e. The predicted octanol–water partition coefficient (Wildman–Crippen LogP) is 1.19. The Labute approximate surface area is 131 Å². The lowest BCUT2D eigenvalue weighted by Gasteiger charge is -2.32. The molecule has 6 nitrogen and oxygen atoms in total. The SMILES string of the molecule is CCOc1cc(B2OC(C)(C)C(C)(C)O2)cc(P(=O)(O)O)c1. The van der Waals surface area contributed by atoms with Gasteiger partial charge in [0, 0.05) is 0 Å². The van der Waals surface area contributed by atoms with E-state index < -0.39 is 25.9 Å². The van der Waals surface area contributed by atoms with Gasteiger partial charge < -0.3 is 23.8 Å². The summed E-state index contributed by atoms with van der Waals surface area (Å²) < 4.78 is 28.8. The van der Waals surface area contributed by atoms with Crippen LogP contribution < -0.4 is 15.5 Å². The van der Waals surface area contributed by atoms with Gasteiger partial charge in [-0.25, -0.2) is 0 Å².